The Bertz CT molecular complexity index is 612. The second-order valence-corrected chi connectivity index (χ2v) is 5.00. The number of hydrogen-bond donors (Lipinski definition) is 2. The van der Waals surface area contributed by atoms with Crippen LogP contribution in [-0.4, -0.2) is 22.1 Å². The van der Waals surface area contributed by atoms with E-state index in [2.05, 4.69) is 22.4 Å². The van der Waals surface area contributed by atoms with Gasteiger partial charge in [0.1, 0.15) is 6.04 Å². The Hall–Kier alpha value is -1.94. The molecule has 0 spiro atoms. The summed E-state index contributed by atoms with van der Waals surface area (Å²) in [7, 11) is 0. The maximum absolute atomic E-state index is 11.1. The van der Waals surface area contributed by atoms with E-state index < -0.39 is 12.0 Å². The molecule has 1 aliphatic heterocycles. The highest BCUT2D eigenvalue weighted by Crippen LogP contribution is 2.27. The van der Waals surface area contributed by atoms with E-state index >= 15 is 0 Å². The molecule has 2 aromatic rings. The average molecular weight is 256 g/mol. The minimum atomic E-state index is -0.761. The van der Waals surface area contributed by atoms with Crippen molar-refractivity contribution < 1.29 is 9.90 Å². The van der Waals surface area contributed by atoms with E-state index in [1.165, 1.54) is 0 Å². The fraction of sp³-hybridized carbons (Fsp3) is 0.333. The largest absolute Gasteiger partial charge is 0.480 e. The lowest BCUT2D eigenvalue weighted by atomic mass is 9.93. The Labute approximate surface area is 111 Å². The fourth-order valence-electron chi connectivity index (χ4n) is 2.69. The Balaban J connectivity index is 1.89. The molecular weight excluding hydrogens is 240 g/mol. The van der Waals surface area contributed by atoms with Gasteiger partial charge >= 0.3 is 5.97 Å². The van der Waals surface area contributed by atoms with Crippen LogP contribution in [0, 0.1) is 0 Å². The van der Waals surface area contributed by atoms with Crippen LogP contribution in [0.3, 0.4) is 0 Å². The molecule has 0 aliphatic carbocycles. The van der Waals surface area contributed by atoms with E-state index in [4.69, 9.17) is 5.11 Å². The summed E-state index contributed by atoms with van der Waals surface area (Å²) in [6.45, 7) is 0. The average Bonchev–Trinajstić information content (AvgIpc) is 2.47. The van der Waals surface area contributed by atoms with Crippen LogP contribution in [0.4, 0.5) is 0 Å². The van der Waals surface area contributed by atoms with E-state index in [-0.39, 0.29) is 6.04 Å². The molecule has 2 atom stereocenters. The number of carboxylic acid groups (broad SMARTS) is 1. The van der Waals surface area contributed by atoms with Crippen LogP contribution in [-0.2, 0) is 4.79 Å². The van der Waals surface area contributed by atoms with Gasteiger partial charge in [0.2, 0.25) is 0 Å². The number of fused-ring (bicyclic) bond motifs is 1. The second kappa shape index (κ2) is 4.97. The van der Waals surface area contributed by atoms with Gasteiger partial charge in [0.15, 0.2) is 0 Å². The van der Waals surface area contributed by atoms with Crippen molar-refractivity contribution in [3.05, 3.63) is 42.1 Å². The molecule has 2 unspecified atom stereocenters. The van der Waals surface area contributed by atoms with Crippen molar-refractivity contribution in [2.45, 2.75) is 31.3 Å². The minimum Gasteiger partial charge on any atom is -0.480 e. The zero-order valence-corrected chi connectivity index (χ0v) is 10.5. The summed E-state index contributed by atoms with van der Waals surface area (Å²) in [4.78, 5) is 15.4. The van der Waals surface area contributed by atoms with Crippen LogP contribution in [0.2, 0.25) is 0 Å². The number of benzene rings is 1. The van der Waals surface area contributed by atoms with Crippen molar-refractivity contribution in [3.63, 3.8) is 0 Å². The standard InChI is InChI=1S/C15H16N2O2/c18-15(19)13-5-1-4-12(17-13)11-7-6-10-3-2-8-16-14(10)9-11/h2-3,6-9,12-13,17H,1,4-5H2,(H,18,19). The lowest BCUT2D eigenvalue weighted by Crippen LogP contribution is -2.42. The molecular formula is C15H16N2O2. The Kier molecular flexibility index (Phi) is 3.17. The number of aromatic nitrogens is 1. The fourth-order valence-corrected chi connectivity index (χ4v) is 2.69. The van der Waals surface area contributed by atoms with Crippen molar-refractivity contribution in [1.29, 1.82) is 0 Å². The monoisotopic (exact) mass is 256 g/mol. The molecule has 98 valence electrons. The van der Waals surface area contributed by atoms with Gasteiger partial charge < -0.3 is 5.11 Å². The first-order chi connectivity index (χ1) is 9.24. The smallest absolute Gasteiger partial charge is 0.320 e. The van der Waals surface area contributed by atoms with Crippen LogP contribution in [0.5, 0.6) is 0 Å². The third kappa shape index (κ3) is 2.44. The Morgan fingerprint density at radius 2 is 2.21 bits per heavy atom. The molecule has 0 radical (unpaired) electrons. The minimum absolute atomic E-state index is 0.112. The van der Waals surface area contributed by atoms with Crippen molar-refractivity contribution in [3.8, 4) is 0 Å². The molecule has 0 saturated carbocycles. The molecule has 1 saturated heterocycles. The normalized spacial score (nSPS) is 23.4. The van der Waals surface area contributed by atoms with Gasteiger partial charge in [-0.15, -0.1) is 0 Å². The number of aliphatic carboxylic acids is 1. The summed E-state index contributed by atoms with van der Waals surface area (Å²) in [6, 6.07) is 9.79. The first kappa shape index (κ1) is 12.1. The van der Waals surface area contributed by atoms with Gasteiger partial charge in [0, 0.05) is 17.6 Å². The van der Waals surface area contributed by atoms with Crippen LogP contribution in [0.25, 0.3) is 10.9 Å². The third-order valence-corrected chi connectivity index (χ3v) is 3.72. The lowest BCUT2D eigenvalue weighted by molar-refractivity contribution is -0.140. The summed E-state index contributed by atoms with van der Waals surface area (Å²) in [5, 5.41) is 13.4. The van der Waals surface area contributed by atoms with Gasteiger partial charge in [-0.1, -0.05) is 18.2 Å². The summed E-state index contributed by atoms with van der Waals surface area (Å²) >= 11 is 0. The maximum Gasteiger partial charge on any atom is 0.320 e. The summed E-state index contributed by atoms with van der Waals surface area (Å²) in [5.41, 5.74) is 2.08. The molecule has 2 heterocycles. The van der Waals surface area contributed by atoms with Crippen LogP contribution < -0.4 is 5.32 Å². The number of nitrogens with zero attached hydrogens (tertiary/aromatic N) is 1. The van der Waals surface area contributed by atoms with E-state index in [1.807, 2.05) is 18.2 Å². The van der Waals surface area contributed by atoms with E-state index in [0.29, 0.717) is 6.42 Å². The first-order valence-electron chi connectivity index (χ1n) is 6.57. The zero-order chi connectivity index (χ0) is 13.2. The predicted octanol–water partition coefficient (Wildman–Crippen LogP) is 2.50. The van der Waals surface area contributed by atoms with Crippen molar-refractivity contribution in [1.82, 2.24) is 10.3 Å². The summed E-state index contributed by atoms with van der Waals surface area (Å²) < 4.78 is 0. The highest BCUT2D eigenvalue weighted by Gasteiger charge is 2.26. The molecule has 4 nitrogen and oxygen atoms in total. The van der Waals surface area contributed by atoms with Crippen molar-refractivity contribution >= 4 is 16.9 Å². The van der Waals surface area contributed by atoms with Crippen LogP contribution in [0.1, 0.15) is 30.9 Å². The van der Waals surface area contributed by atoms with E-state index in [9.17, 15) is 4.79 Å². The molecule has 1 aliphatic rings. The third-order valence-electron chi connectivity index (χ3n) is 3.72. The lowest BCUT2D eigenvalue weighted by Gasteiger charge is -2.29. The molecule has 3 rings (SSSR count). The molecule has 4 heteroatoms. The molecule has 0 amide bonds. The molecule has 1 aromatic heterocycles. The number of carbonyl (C=O) groups is 1. The van der Waals surface area contributed by atoms with Gasteiger partial charge in [-0.3, -0.25) is 15.1 Å². The predicted molar refractivity (Wildman–Crippen MR) is 72.9 cm³/mol. The van der Waals surface area contributed by atoms with Crippen molar-refractivity contribution in [2.24, 2.45) is 0 Å². The van der Waals surface area contributed by atoms with Gasteiger partial charge in [-0.05, 0) is 37.0 Å². The quantitative estimate of drug-likeness (QED) is 0.866. The SMILES string of the molecule is O=C(O)C1CCCC(c2ccc3cccnc3c2)N1. The number of piperidine rings is 1. The van der Waals surface area contributed by atoms with Gasteiger partial charge in [-0.25, -0.2) is 0 Å². The maximum atomic E-state index is 11.1. The topological polar surface area (TPSA) is 62.2 Å². The van der Waals surface area contributed by atoms with E-state index in [1.54, 1.807) is 6.20 Å². The highest BCUT2D eigenvalue weighted by atomic mass is 16.4. The number of pyridine rings is 1. The summed E-state index contributed by atoms with van der Waals surface area (Å²) in [5.74, 6) is -0.761. The number of hydrogen-bond acceptors (Lipinski definition) is 3. The highest BCUT2D eigenvalue weighted by molar-refractivity contribution is 5.79. The van der Waals surface area contributed by atoms with Crippen LogP contribution in [0.15, 0.2) is 36.5 Å². The van der Waals surface area contributed by atoms with E-state index in [0.717, 1.165) is 29.3 Å². The van der Waals surface area contributed by atoms with Gasteiger partial charge in [0.05, 0.1) is 5.52 Å². The second-order valence-electron chi connectivity index (χ2n) is 5.00. The van der Waals surface area contributed by atoms with Gasteiger partial charge in [0.25, 0.3) is 0 Å². The van der Waals surface area contributed by atoms with Crippen molar-refractivity contribution in [2.75, 3.05) is 0 Å². The van der Waals surface area contributed by atoms with Gasteiger partial charge in [-0.2, -0.15) is 0 Å². The number of nitrogens with one attached hydrogen (secondary N) is 1. The molecule has 1 aromatic carbocycles. The molecule has 1 fully saturated rings. The molecule has 19 heavy (non-hydrogen) atoms. The molecule has 2 N–H and O–H groups in total. The van der Waals surface area contributed by atoms with Crippen LogP contribution >= 0.6 is 0 Å². The summed E-state index contributed by atoms with van der Waals surface area (Å²) in [6.07, 6.45) is 4.40. The number of carboxylic acids is 1. The Morgan fingerprint density at radius 3 is 3.05 bits per heavy atom. The number of rotatable bonds is 2. The Morgan fingerprint density at radius 1 is 1.32 bits per heavy atom. The molecule has 0 bridgehead atoms. The zero-order valence-electron chi connectivity index (χ0n) is 10.5. The first-order valence-corrected chi connectivity index (χ1v) is 6.57.